The fourth-order valence-electron chi connectivity index (χ4n) is 3.14. The number of piperidine rings is 1. The lowest BCUT2D eigenvalue weighted by Crippen LogP contribution is -2.32. The molecule has 1 aromatic rings. The number of hydroxylamine groups is 2. The lowest BCUT2D eigenvalue weighted by atomic mass is 9.93. The van der Waals surface area contributed by atoms with E-state index in [-0.39, 0.29) is 0 Å². The second-order valence-corrected chi connectivity index (χ2v) is 5.28. The molecule has 0 bridgehead atoms. The summed E-state index contributed by atoms with van der Waals surface area (Å²) in [7, 11) is 1.79. The van der Waals surface area contributed by atoms with E-state index in [4.69, 9.17) is 4.84 Å². The maximum Gasteiger partial charge on any atom is 0.0602 e. The number of anilines is 1. The number of aryl methyl sites for hydroxylation is 1. The minimum atomic E-state index is 0.428. The van der Waals surface area contributed by atoms with E-state index in [1.807, 2.05) is 0 Å². The molecule has 0 aliphatic carbocycles. The number of nitrogens with one attached hydrogen (secondary N) is 1. The molecule has 3 heteroatoms. The summed E-state index contributed by atoms with van der Waals surface area (Å²) in [5.41, 5.74) is 4.19. The van der Waals surface area contributed by atoms with Crippen molar-refractivity contribution in [2.45, 2.75) is 38.1 Å². The zero-order chi connectivity index (χ0) is 12.4. The van der Waals surface area contributed by atoms with Crippen molar-refractivity contribution in [3.8, 4) is 0 Å². The Kier molecular flexibility index (Phi) is 3.52. The normalized spacial score (nSPS) is 24.4. The Hall–Kier alpha value is -1.06. The molecule has 0 amide bonds. The van der Waals surface area contributed by atoms with E-state index in [1.54, 1.807) is 7.11 Å². The fraction of sp³-hybridized carbons (Fsp3) is 0.600. The van der Waals surface area contributed by atoms with Gasteiger partial charge in [0.15, 0.2) is 0 Å². The molecule has 0 spiro atoms. The topological polar surface area (TPSA) is 24.5 Å². The summed E-state index contributed by atoms with van der Waals surface area (Å²) in [6, 6.07) is 7.33. The standard InChI is InChI=1S/C15H22N2O/c1-18-17-10-3-2-6-15(17)13-8-7-12-5-4-9-16-14(12)11-13/h7-8,11,15-16H,2-6,9-10H2,1H3. The fourth-order valence-corrected chi connectivity index (χ4v) is 3.14. The van der Waals surface area contributed by atoms with Crippen LogP contribution in [0.1, 0.15) is 42.9 Å². The Labute approximate surface area is 109 Å². The Morgan fingerprint density at radius 1 is 1.28 bits per heavy atom. The zero-order valence-electron chi connectivity index (χ0n) is 11.1. The van der Waals surface area contributed by atoms with Gasteiger partial charge in [-0.15, -0.1) is 0 Å². The van der Waals surface area contributed by atoms with E-state index >= 15 is 0 Å². The molecule has 1 aromatic carbocycles. The second-order valence-electron chi connectivity index (χ2n) is 5.28. The molecule has 0 aromatic heterocycles. The number of hydrogen-bond donors (Lipinski definition) is 1. The molecule has 18 heavy (non-hydrogen) atoms. The first-order valence-corrected chi connectivity index (χ1v) is 7.06. The van der Waals surface area contributed by atoms with Crippen LogP contribution in [0.3, 0.4) is 0 Å². The summed E-state index contributed by atoms with van der Waals surface area (Å²) in [5, 5.41) is 5.65. The van der Waals surface area contributed by atoms with Gasteiger partial charge >= 0.3 is 0 Å². The molecular formula is C15H22N2O. The van der Waals surface area contributed by atoms with Crippen molar-refractivity contribution in [1.82, 2.24) is 5.06 Å². The van der Waals surface area contributed by atoms with Gasteiger partial charge in [-0.2, -0.15) is 5.06 Å². The van der Waals surface area contributed by atoms with Gasteiger partial charge in [0.25, 0.3) is 0 Å². The Balaban J connectivity index is 1.86. The predicted molar refractivity (Wildman–Crippen MR) is 73.6 cm³/mol. The van der Waals surface area contributed by atoms with Crippen LogP contribution in [0.2, 0.25) is 0 Å². The van der Waals surface area contributed by atoms with E-state index in [0.717, 1.165) is 13.1 Å². The summed E-state index contributed by atoms with van der Waals surface area (Å²) < 4.78 is 0. The summed E-state index contributed by atoms with van der Waals surface area (Å²) in [5.74, 6) is 0. The van der Waals surface area contributed by atoms with Gasteiger partial charge in [-0.3, -0.25) is 0 Å². The van der Waals surface area contributed by atoms with Crippen LogP contribution in [-0.4, -0.2) is 25.3 Å². The number of nitrogens with zero attached hydrogens (tertiary/aromatic N) is 1. The van der Waals surface area contributed by atoms with Crippen molar-refractivity contribution in [2.75, 3.05) is 25.5 Å². The maximum atomic E-state index is 5.52. The number of fused-ring (bicyclic) bond motifs is 1. The molecule has 3 nitrogen and oxygen atoms in total. The maximum absolute atomic E-state index is 5.52. The van der Waals surface area contributed by atoms with Crippen LogP contribution in [0.5, 0.6) is 0 Å². The van der Waals surface area contributed by atoms with Crippen LogP contribution in [-0.2, 0) is 11.3 Å². The van der Waals surface area contributed by atoms with Gasteiger partial charge in [-0.05, 0) is 42.9 Å². The summed E-state index contributed by atoms with van der Waals surface area (Å²) >= 11 is 0. The molecule has 0 radical (unpaired) electrons. The van der Waals surface area contributed by atoms with E-state index in [1.165, 1.54) is 48.9 Å². The monoisotopic (exact) mass is 246 g/mol. The largest absolute Gasteiger partial charge is 0.385 e. The predicted octanol–water partition coefficient (Wildman–Crippen LogP) is 3.13. The highest BCUT2D eigenvalue weighted by atomic mass is 16.7. The van der Waals surface area contributed by atoms with Crippen molar-refractivity contribution in [1.29, 1.82) is 0 Å². The van der Waals surface area contributed by atoms with Gasteiger partial charge in [0.2, 0.25) is 0 Å². The average Bonchev–Trinajstić information content (AvgIpc) is 2.46. The third-order valence-electron chi connectivity index (χ3n) is 4.15. The van der Waals surface area contributed by atoms with Gasteiger partial charge in [0.05, 0.1) is 13.2 Å². The summed E-state index contributed by atoms with van der Waals surface area (Å²) in [4.78, 5) is 5.52. The molecule has 1 fully saturated rings. The molecular weight excluding hydrogens is 224 g/mol. The van der Waals surface area contributed by atoms with Gasteiger partial charge in [-0.1, -0.05) is 18.6 Å². The lowest BCUT2D eigenvalue weighted by molar-refractivity contribution is -0.176. The molecule has 1 atom stereocenters. The van der Waals surface area contributed by atoms with E-state index < -0.39 is 0 Å². The molecule has 3 rings (SSSR count). The first kappa shape index (κ1) is 12.0. The Morgan fingerprint density at radius 3 is 3.11 bits per heavy atom. The van der Waals surface area contributed by atoms with Crippen LogP contribution >= 0.6 is 0 Å². The molecule has 2 aliphatic heterocycles. The van der Waals surface area contributed by atoms with Crippen molar-refractivity contribution in [3.05, 3.63) is 29.3 Å². The zero-order valence-corrected chi connectivity index (χ0v) is 11.1. The van der Waals surface area contributed by atoms with Gasteiger partial charge in [0, 0.05) is 18.8 Å². The van der Waals surface area contributed by atoms with Crippen LogP contribution in [0.25, 0.3) is 0 Å². The highest BCUT2D eigenvalue weighted by molar-refractivity contribution is 5.55. The van der Waals surface area contributed by atoms with Crippen molar-refractivity contribution < 1.29 is 4.84 Å². The molecule has 1 saturated heterocycles. The van der Waals surface area contributed by atoms with E-state index in [9.17, 15) is 0 Å². The minimum absolute atomic E-state index is 0.428. The molecule has 1 N–H and O–H groups in total. The second kappa shape index (κ2) is 5.29. The van der Waals surface area contributed by atoms with Gasteiger partial charge < -0.3 is 10.2 Å². The van der Waals surface area contributed by atoms with Crippen molar-refractivity contribution >= 4 is 5.69 Å². The van der Waals surface area contributed by atoms with Crippen LogP contribution < -0.4 is 5.32 Å². The number of hydrogen-bond acceptors (Lipinski definition) is 3. The van der Waals surface area contributed by atoms with Gasteiger partial charge in [-0.25, -0.2) is 0 Å². The third kappa shape index (κ3) is 2.25. The molecule has 0 saturated carbocycles. The smallest absolute Gasteiger partial charge is 0.0602 e. The lowest BCUT2D eigenvalue weighted by Gasteiger charge is -2.34. The SMILES string of the molecule is CON1CCCCC1c1ccc2c(c1)NCCC2. The molecule has 2 aliphatic rings. The highest BCUT2D eigenvalue weighted by Crippen LogP contribution is 2.33. The van der Waals surface area contributed by atoms with Crippen LogP contribution in [0.4, 0.5) is 5.69 Å². The quantitative estimate of drug-likeness (QED) is 0.867. The highest BCUT2D eigenvalue weighted by Gasteiger charge is 2.24. The summed E-state index contributed by atoms with van der Waals surface area (Å²) in [6.07, 6.45) is 6.20. The van der Waals surface area contributed by atoms with E-state index in [2.05, 4.69) is 28.6 Å². The van der Waals surface area contributed by atoms with Crippen LogP contribution in [0.15, 0.2) is 18.2 Å². The minimum Gasteiger partial charge on any atom is -0.385 e. The Bertz CT molecular complexity index is 419. The Morgan fingerprint density at radius 2 is 2.22 bits per heavy atom. The van der Waals surface area contributed by atoms with Crippen LogP contribution in [0, 0.1) is 0 Å². The van der Waals surface area contributed by atoms with Crippen molar-refractivity contribution in [3.63, 3.8) is 0 Å². The molecule has 1 unspecified atom stereocenters. The molecule has 2 heterocycles. The third-order valence-corrected chi connectivity index (χ3v) is 4.15. The average molecular weight is 246 g/mol. The number of benzene rings is 1. The first-order valence-electron chi connectivity index (χ1n) is 7.06. The van der Waals surface area contributed by atoms with E-state index in [0.29, 0.717) is 6.04 Å². The molecule has 98 valence electrons. The first-order chi connectivity index (χ1) is 8.88. The summed E-state index contributed by atoms with van der Waals surface area (Å²) in [6.45, 7) is 2.15. The van der Waals surface area contributed by atoms with Crippen molar-refractivity contribution in [2.24, 2.45) is 0 Å². The number of rotatable bonds is 2. The van der Waals surface area contributed by atoms with Gasteiger partial charge in [0.1, 0.15) is 0 Å².